The summed E-state index contributed by atoms with van der Waals surface area (Å²) in [6.45, 7) is 6.07. The lowest BCUT2D eigenvalue weighted by Crippen LogP contribution is -2.50. The van der Waals surface area contributed by atoms with E-state index in [2.05, 4.69) is 0 Å². The molecule has 2 N–H and O–H groups in total. The van der Waals surface area contributed by atoms with Gasteiger partial charge in [-0.15, -0.1) is 0 Å². The molecule has 1 aliphatic rings. The molecule has 172 valence electrons. The number of halogens is 1. The molecule has 0 aromatic heterocycles. The highest BCUT2D eigenvalue weighted by Crippen LogP contribution is 2.35. The van der Waals surface area contributed by atoms with E-state index in [0.717, 1.165) is 0 Å². The lowest BCUT2D eigenvalue weighted by Gasteiger charge is -2.39. The van der Waals surface area contributed by atoms with Crippen molar-refractivity contribution in [3.8, 4) is 11.5 Å². The first kappa shape index (κ1) is 23.9. The topological polar surface area (TPSA) is 91.1 Å². The standard InChI is InChI=1S/C24H29ClN2O5/c1-24(2,3)32-23(29)15-9-10-27(21(26)13-15)17-11-16(22(28)30-4)12-18(14-17)31-20-8-6-5-7-19(20)25/h5-8,11-12,14-15,21H,9-10,13,26H2,1-4H3. The maximum atomic E-state index is 12.5. The fraction of sp³-hybridized carbons (Fsp3) is 0.417. The number of piperidine rings is 1. The molecule has 0 bridgehead atoms. The van der Waals surface area contributed by atoms with Gasteiger partial charge in [-0.25, -0.2) is 4.79 Å². The third-order valence-corrected chi connectivity index (χ3v) is 5.41. The minimum atomic E-state index is -0.544. The molecular weight excluding hydrogens is 432 g/mol. The summed E-state index contributed by atoms with van der Waals surface area (Å²) in [6, 6.07) is 12.2. The molecule has 2 aromatic rings. The Hall–Kier alpha value is -2.77. The number of esters is 2. The summed E-state index contributed by atoms with van der Waals surface area (Å²) in [7, 11) is 1.32. The van der Waals surface area contributed by atoms with E-state index >= 15 is 0 Å². The normalized spacial score (nSPS) is 18.8. The van der Waals surface area contributed by atoms with E-state index in [0.29, 0.717) is 47.2 Å². The van der Waals surface area contributed by atoms with Crippen molar-refractivity contribution in [3.05, 3.63) is 53.1 Å². The first-order valence-corrected chi connectivity index (χ1v) is 10.9. The number of carbonyl (C=O) groups excluding carboxylic acids is 2. The highest BCUT2D eigenvalue weighted by atomic mass is 35.5. The SMILES string of the molecule is COC(=O)c1cc(Oc2ccccc2Cl)cc(N2CCC(C(=O)OC(C)(C)C)CC2N)c1. The van der Waals surface area contributed by atoms with E-state index in [1.807, 2.05) is 31.7 Å². The van der Waals surface area contributed by atoms with Crippen LogP contribution in [0.1, 0.15) is 44.0 Å². The maximum absolute atomic E-state index is 12.5. The summed E-state index contributed by atoms with van der Waals surface area (Å²) >= 11 is 6.22. The number of hydrogen-bond donors (Lipinski definition) is 1. The molecule has 7 nitrogen and oxygen atoms in total. The number of para-hydroxylation sites is 1. The van der Waals surface area contributed by atoms with Crippen molar-refractivity contribution in [2.24, 2.45) is 11.7 Å². The Labute approximate surface area is 193 Å². The van der Waals surface area contributed by atoms with E-state index in [9.17, 15) is 9.59 Å². The van der Waals surface area contributed by atoms with Crippen molar-refractivity contribution in [2.75, 3.05) is 18.6 Å². The number of methoxy groups -OCH3 is 1. The fourth-order valence-electron chi connectivity index (χ4n) is 3.62. The Balaban J connectivity index is 1.84. The first-order valence-electron chi connectivity index (χ1n) is 10.5. The summed E-state index contributed by atoms with van der Waals surface area (Å²) in [5, 5.41) is 0.451. The molecule has 0 amide bonds. The van der Waals surface area contributed by atoms with Crippen LogP contribution in [0.3, 0.4) is 0 Å². The average molecular weight is 461 g/mol. The van der Waals surface area contributed by atoms with Gasteiger partial charge in [-0.05, 0) is 57.9 Å². The fourth-order valence-corrected chi connectivity index (χ4v) is 3.79. The highest BCUT2D eigenvalue weighted by Gasteiger charge is 2.33. The Morgan fingerprint density at radius 3 is 2.50 bits per heavy atom. The van der Waals surface area contributed by atoms with Gasteiger partial charge in [-0.2, -0.15) is 0 Å². The van der Waals surface area contributed by atoms with Crippen LogP contribution in [-0.4, -0.2) is 37.4 Å². The van der Waals surface area contributed by atoms with Crippen molar-refractivity contribution in [1.82, 2.24) is 0 Å². The number of nitrogens with two attached hydrogens (primary N) is 1. The third-order valence-electron chi connectivity index (χ3n) is 5.09. The van der Waals surface area contributed by atoms with Crippen molar-refractivity contribution < 1.29 is 23.8 Å². The smallest absolute Gasteiger partial charge is 0.338 e. The Morgan fingerprint density at radius 1 is 1.16 bits per heavy atom. The van der Waals surface area contributed by atoms with Crippen molar-refractivity contribution in [2.45, 2.75) is 45.4 Å². The predicted octanol–water partition coefficient (Wildman–Crippen LogP) is 4.76. The van der Waals surface area contributed by atoms with E-state index in [-0.39, 0.29) is 11.9 Å². The van der Waals surface area contributed by atoms with Gasteiger partial charge >= 0.3 is 11.9 Å². The van der Waals surface area contributed by atoms with Crippen LogP contribution in [0.25, 0.3) is 0 Å². The summed E-state index contributed by atoms with van der Waals surface area (Å²) in [5.74, 6) is -0.109. The number of nitrogens with zero attached hydrogens (tertiary/aromatic N) is 1. The molecule has 2 aromatic carbocycles. The van der Waals surface area contributed by atoms with E-state index < -0.39 is 17.7 Å². The summed E-state index contributed by atoms with van der Waals surface area (Å²) in [6.07, 6.45) is 0.603. The lowest BCUT2D eigenvalue weighted by molar-refractivity contribution is -0.161. The second kappa shape index (κ2) is 9.79. The van der Waals surface area contributed by atoms with Gasteiger partial charge in [0.15, 0.2) is 0 Å². The van der Waals surface area contributed by atoms with Crippen molar-refractivity contribution >= 4 is 29.2 Å². The molecule has 0 spiro atoms. The van der Waals surface area contributed by atoms with Crippen LogP contribution in [0.2, 0.25) is 5.02 Å². The van der Waals surface area contributed by atoms with Gasteiger partial charge in [0, 0.05) is 18.3 Å². The van der Waals surface area contributed by atoms with Crippen LogP contribution in [0.4, 0.5) is 5.69 Å². The van der Waals surface area contributed by atoms with Crippen LogP contribution >= 0.6 is 11.6 Å². The Kier molecular flexibility index (Phi) is 7.31. The number of benzene rings is 2. The second-order valence-corrected chi connectivity index (χ2v) is 9.16. The van der Waals surface area contributed by atoms with Crippen molar-refractivity contribution in [1.29, 1.82) is 0 Å². The largest absolute Gasteiger partial charge is 0.465 e. The average Bonchev–Trinajstić information content (AvgIpc) is 2.73. The first-order chi connectivity index (χ1) is 15.1. The molecule has 32 heavy (non-hydrogen) atoms. The molecule has 1 aliphatic heterocycles. The minimum Gasteiger partial charge on any atom is -0.465 e. The van der Waals surface area contributed by atoms with Gasteiger partial charge in [-0.1, -0.05) is 23.7 Å². The second-order valence-electron chi connectivity index (χ2n) is 8.76. The van der Waals surface area contributed by atoms with Gasteiger partial charge < -0.3 is 24.8 Å². The number of hydrogen-bond acceptors (Lipinski definition) is 7. The monoisotopic (exact) mass is 460 g/mol. The number of carbonyl (C=O) groups is 2. The molecule has 2 unspecified atom stereocenters. The van der Waals surface area contributed by atoms with Crippen LogP contribution < -0.4 is 15.4 Å². The maximum Gasteiger partial charge on any atom is 0.338 e. The molecule has 0 aliphatic carbocycles. The predicted molar refractivity (Wildman–Crippen MR) is 123 cm³/mol. The zero-order valence-electron chi connectivity index (χ0n) is 18.8. The third kappa shape index (κ3) is 5.93. The molecule has 1 fully saturated rings. The molecule has 2 atom stereocenters. The number of ether oxygens (including phenoxy) is 3. The summed E-state index contributed by atoms with van der Waals surface area (Å²) in [5.41, 5.74) is 6.91. The van der Waals surface area contributed by atoms with Gasteiger partial charge in [0.05, 0.1) is 29.8 Å². The molecular formula is C24H29ClN2O5. The van der Waals surface area contributed by atoms with Gasteiger partial charge in [0.1, 0.15) is 17.1 Å². The van der Waals surface area contributed by atoms with Crippen LogP contribution in [0.15, 0.2) is 42.5 Å². The van der Waals surface area contributed by atoms with Gasteiger partial charge in [-0.3, -0.25) is 4.79 Å². The Morgan fingerprint density at radius 2 is 1.88 bits per heavy atom. The molecule has 8 heteroatoms. The number of rotatable bonds is 5. The molecule has 0 radical (unpaired) electrons. The quantitative estimate of drug-likeness (QED) is 0.643. The molecule has 1 saturated heterocycles. The summed E-state index contributed by atoms with van der Waals surface area (Å²) in [4.78, 5) is 26.7. The zero-order chi connectivity index (χ0) is 23.5. The molecule has 0 saturated carbocycles. The van der Waals surface area contributed by atoms with Crippen LogP contribution in [0, 0.1) is 5.92 Å². The Bertz CT molecular complexity index is 989. The zero-order valence-corrected chi connectivity index (χ0v) is 19.5. The number of anilines is 1. The molecule has 3 rings (SSSR count). The van der Waals surface area contributed by atoms with Gasteiger partial charge in [0.25, 0.3) is 0 Å². The van der Waals surface area contributed by atoms with Crippen LogP contribution in [-0.2, 0) is 14.3 Å². The van der Waals surface area contributed by atoms with E-state index in [1.165, 1.54) is 7.11 Å². The molecule has 1 heterocycles. The van der Waals surface area contributed by atoms with E-state index in [4.69, 9.17) is 31.5 Å². The van der Waals surface area contributed by atoms with Crippen LogP contribution in [0.5, 0.6) is 11.5 Å². The van der Waals surface area contributed by atoms with E-state index in [1.54, 1.807) is 36.4 Å². The summed E-state index contributed by atoms with van der Waals surface area (Å²) < 4.78 is 16.4. The highest BCUT2D eigenvalue weighted by molar-refractivity contribution is 6.32. The van der Waals surface area contributed by atoms with Crippen molar-refractivity contribution in [3.63, 3.8) is 0 Å². The minimum absolute atomic E-state index is 0.237. The lowest BCUT2D eigenvalue weighted by atomic mass is 9.93. The van der Waals surface area contributed by atoms with Gasteiger partial charge in [0.2, 0.25) is 0 Å².